The number of nitrogens with zero attached hydrogens (tertiary/aromatic N) is 1. The van der Waals surface area contributed by atoms with E-state index in [2.05, 4.69) is 25.1 Å². The van der Waals surface area contributed by atoms with E-state index in [9.17, 15) is 10.1 Å². The van der Waals surface area contributed by atoms with Crippen LogP contribution in [0.15, 0.2) is 48.5 Å². The Labute approximate surface area is 118 Å². The van der Waals surface area contributed by atoms with E-state index in [-0.39, 0.29) is 16.7 Å². The van der Waals surface area contributed by atoms with Crippen molar-refractivity contribution >= 4 is 5.69 Å². The van der Waals surface area contributed by atoms with Crippen molar-refractivity contribution in [1.82, 2.24) is 0 Å². The fourth-order valence-corrected chi connectivity index (χ4v) is 2.31. The zero-order chi connectivity index (χ0) is 14.5. The van der Waals surface area contributed by atoms with Gasteiger partial charge in [-0.15, -0.1) is 0 Å². The molecule has 0 aliphatic heterocycles. The number of nitro groups is 1. The molecule has 0 aliphatic rings. The van der Waals surface area contributed by atoms with Gasteiger partial charge in [0, 0.05) is 18.2 Å². The minimum Gasteiger partial charge on any atom is -0.327 e. The molecule has 1 unspecified atom stereocenters. The van der Waals surface area contributed by atoms with Crippen LogP contribution in [0.3, 0.4) is 0 Å². The van der Waals surface area contributed by atoms with Gasteiger partial charge >= 0.3 is 0 Å². The minimum absolute atomic E-state index is 0.0428. The fraction of sp³-hybridized carbons (Fsp3) is 0.250. The summed E-state index contributed by atoms with van der Waals surface area (Å²) in [4.78, 5) is 10.4. The van der Waals surface area contributed by atoms with Crippen molar-refractivity contribution in [3.8, 4) is 0 Å². The van der Waals surface area contributed by atoms with E-state index in [1.165, 1.54) is 17.2 Å². The number of aryl methyl sites for hydroxylation is 1. The van der Waals surface area contributed by atoms with Gasteiger partial charge in [0.25, 0.3) is 5.69 Å². The van der Waals surface area contributed by atoms with Gasteiger partial charge in [0.05, 0.1) is 4.92 Å². The van der Waals surface area contributed by atoms with E-state index < -0.39 is 0 Å². The highest BCUT2D eigenvalue weighted by atomic mass is 16.6. The normalized spacial score (nSPS) is 12.1. The third kappa shape index (κ3) is 3.90. The summed E-state index contributed by atoms with van der Waals surface area (Å²) < 4.78 is 0. The topological polar surface area (TPSA) is 69.2 Å². The van der Waals surface area contributed by atoms with Gasteiger partial charge in [-0.05, 0) is 30.9 Å². The molecule has 4 heteroatoms. The zero-order valence-corrected chi connectivity index (χ0v) is 11.5. The van der Waals surface area contributed by atoms with Crippen molar-refractivity contribution in [1.29, 1.82) is 0 Å². The Morgan fingerprint density at radius 3 is 2.30 bits per heavy atom. The van der Waals surface area contributed by atoms with Crippen LogP contribution in [0, 0.1) is 17.0 Å². The van der Waals surface area contributed by atoms with Crippen molar-refractivity contribution in [3.63, 3.8) is 0 Å². The van der Waals surface area contributed by atoms with Crippen LogP contribution in [-0.4, -0.2) is 11.0 Å². The van der Waals surface area contributed by atoms with E-state index in [1.807, 2.05) is 12.1 Å². The van der Waals surface area contributed by atoms with Gasteiger partial charge in [0.2, 0.25) is 0 Å². The number of nitro benzene ring substituents is 1. The Hall–Kier alpha value is -2.20. The van der Waals surface area contributed by atoms with Gasteiger partial charge in [-0.3, -0.25) is 10.1 Å². The van der Waals surface area contributed by atoms with Crippen LogP contribution in [0.25, 0.3) is 0 Å². The zero-order valence-electron chi connectivity index (χ0n) is 11.5. The first-order valence-corrected chi connectivity index (χ1v) is 6.59. The summed E-state index contributed by atoms with van der Waals surface area (Å²) in [5, 5.41) is 10.7. The molecule has 2 N–H and O–H groups in total. The predicted octanol–water partition coefficient (Wildman–Crippen LogP) is 3.02. The van der Waals surface area contributed by atoms with E-state index in [4.69, 9.17) is 5.73 Å². The number of benzene rings is 2. The first kappa shape index (κ1) is 14.2. The number of hydrogen-bond acceptors (Lipinski definition) is 3. The second-order valence-electron chi connectivity index (χ2n) is 5.08. The molecule has 2 aromatic carbocycles. The van der Waals surface area contributed by atoms with Crippen molar-refractivity contribution in [2.24, 2.45) is 5.73 Å². The maximum atomic E-state index is 10.7. The Balaban J connectivity index is 2.02. The number of rotatable bonds is 5. The first-order chi connectivity index (χ1) is 9.54. The second-order valence-corrected chi connectivity index (χ2v) is 5.08. The van der Waals surface area contributed by atoms with E-state index in [1.54, 1.807) is 12.1 Å². The van der Waals surface area contributed by atoms with Gasteiger partial charge in [-0.1, -0.05) is 42.0 Å². The molecule has 0 fully saturated rings. The Kier molecular flexibility index (Phi) is 4.48. The molecule has 4 nitrogen and oxygen atoms in total. The van der Waals surface area contributed by atoms with Gasteiger partial charge in [-0.25, -0.2) is 0 Å². The van der Waals surface area contributed by atoms with Crippen LogP contribution in [-0.2, 0) is 12.8 Å². The molecule has 104 valence electrons. The molecular formula is C16H18N2O2. The highest BCUT2D eigenvalue weighted by molar-refractivity contribution is 5.34. The molecule has 2 rings (SSSR count). The molecular weight excluding hydrogens is 252 g/mol. The van der Waals surface area contributed by atoms with Crippen LogP contribution >= 0.6 is 0 Å². The Morgan fingerprint density at radius 2 is 1.70 bits per heavy atom. The highest BCUT2D eigenvalue weighted by Crippen LogP contribution is 2.15. The molecule has 0 aromatic heterocycles. The lowest BCUT2D eigenvalue weighted by atomic mass is 9.98. The Bertz CT molecular complexity index is 611. The van der Waals surface area contributed by atoms with Crippen molar-refractivity contribution < 1.29 is 4.92 Å². The van der Waals surface area contributed by atoms with Gasteiger partial charge in [0.1, 0.15) is 0 Å². The largest absolute Gasteiger partial charge is 0.327 e. The van der Waals surface area contributed by atoms with E-state index in [0.717, 1.165) is 12.0 Å². The van der Waals surface area contributed by atoms with Gasteiger partial charge in [-0.2, -0.15) is 0 Å². The molecule has 0 bridgehead atoms. The molecule has 0 amide bonds. The molecule has 0 heterocycles. The summed E-state index contributed by atoms with van der Waals surface area (Å²) in [5.41, 5.74) is 9.57. The molecule has 1 atom stereocenters. The highest BCUT2D eigenvalue weighted by Gasteiger charge is 2.09. The molecule has 0 aliphatic carbocycles. The van der Waals surface area contributed by atoms with Gasteiger partial charge < -0.3 is 5.73 Å². The van der Waals surface area contributed by atoms with E-state index >= 15 is 0 Å². The summed E-state index contributed by atoms with van der Waals surface area (Å²) in [7, 11) is 0. The predicted molar refractivity (Wildman–Crippen MR) is 79.7 cm³/mol. The molecule has 0 radical (unpaired) electrons. The average Bonchev–Trinajstić information content (AvgIpc) is 2.38. The van der Waals surface area contributed by atoms with Crippen LogP contribution in [0.5, 0.6) is 0 Å². The third-order valence-electron chi connectivity index (χ3n) is 3.20. The molecule has 20 heavy (non-hydrogen) atoms. The summed E-state index contributed by atoms with van der Waals surface area (Å²) in [6.07, 6.45) is 1.40. The first-order valence-electron chi connectivity index (χ1n) is 6.59. The van der Waals surface area contributed by atoms with Crippen LogP contribution in [0.1, 0.15) is 16.7 Å². The summed E-state index contributed by atoms with van der Waals surface area (Å²) >= 11 is 0. The third-order valence-corrected chi connectivity index (χ3v) is 3.20. The molecule has 2 aromatic rings. The monoisotopic (exact) mass is 270 g/mol. The standard InChI is InChI=1S/C16H18N2O2/c1-12-4-2-5-13(8-12)9-15(17)10-14-6-3-7-16(11-14)18(19)20/h2-8,11,15H,9-10,17H2,1H3. The van der Waals surface area contributed by atoms with Crippen LogP contribution in [0.4, 0.5) is 5.69 Å². The Morgan fingerprint density at radius 1 is 1.10 bits per heavy atom. The summed E-state index contributed by atoms with van der Waals surface area (Å²) in [5.74, 6) is 0. The van der Waals surface area contributed by atoms with E-state index in [0.29, 0.717) is 6.42 Å². The summed E-state index contributed by atoms with van der Waals surface area (Å²) in [6, 6.07) is 14.9. The van der Waals surface area contributed by atoms with Crippen molar-refractivity contribution in [3.05, 3.63) is 75.3 Å². The quantitative estimate of drug-likeness (QED) is 0.670. The lowest BCUT2D eigenvalue weighted by molar-refractivity contribution is -0.384. The average molecular weight is 270 g/mol. The minimum atomic E-state index is -0.379. The molecule has 0 spiro atoms. The maximum Gasteiger partial charge on any atom is 0.269 e. The molecule has 0 saturated carbocycles. The lowest BCUT2D eigenvalue weighted by Gasteiger charge is -2.12. The molecule has 0 saturated heterocycles. The smallest absolute Gasteiger partial charge is 0.269 e. The second kappa shape index (κ2) is 6.30. The van der Waals surface area contributed by atoms with Crippen molar-refractivity contribution in [2.45, 2.75) is 25.8 Å². The maximum absolute atomic E-state index is 10.7. The number of nitrogens with two attached hydrogens (primary N) is 1. The van der Waals surface area contributed by atoms with Crippen LogP contribution in [0.2, 0.25) is 0 Å². The summed E-state index contributed by atoms with van der Waals surface area (Å²) in [6.45, 7) is 2.05. The fourth-order valence-electron chi connectivity index (χ4n) is 2.31. The SMILES string of the molecule is Cc1cccc(CC(N)Cc2cccc([N+](=O)[O-])c2)c1. The van der Waals surface area contributed by atoms with Crippen LogP contribution < -0.4 is 5.73 Å². The number of non-ortho nitro benzene ring substituents is 1. The lowest BCUT2D eigenvalue weighted by Crippen LogP contribution is -2.25. The van der Waals surface area contributed by atoms with Gasteiger partial charge in [0.15, 0.2) is 0 Å². The number of hydrogen-bond donors (Lipinski definition) is 1. The van der Waals surface area contributed by atoms with Crippen molar-refractivity contribution in [2.75, 3.05) is 0 Å².